The molecular formula is C10H8ClF3O2. The molecule has 0 fully saturated rings. The van der Waals surface area contributed by atoms with Crippen LogP contribution < -0.4 is 0 Å². The van der Waals surface area contributed by atoms with Crippen LogP contribution in [0.25, 0.3) is 0 Å². The molecule has 0 amide bonds. The zero-order chi connectivity index (χ0) is 12.5. The Labute approximate surface area is 94.6 Å². The van der Waals surface area contributed by atoms with Crippen molar-refractivity contribution in [3.8, 4) is 5.75 Å². The monoisotopic (exact) mass is 252 g/mol. The topological polar surface area (TPSA) is 37.3 Å². The van der Waals surface area contributed by atoms with Crippen molar-refractivity contribution in [2.75, 3.05) is 0 Å². The Bertz CT molecular complexity index is 413. The molecule has 0 radical (unpaired) electrons. The molecule has 1 unspecified atom stereocenters. The van der Waals surface area contributed by atoms with Gasteiger partial charge in [-0.2, -0.15) is 13.2 Å². The molecule has 1 atom stereocenters. The Morgan fingerprint density at radius 2 is 2.00 bits per heavy atom. The smallest absolute Gasteiger partial charge is 0.417 e. The highest BCUT2D eigenvalue weighted by Gasteiger charge is 2.35. The fraction of sp³-hybridized carbons (Fsp3) is 0.300. The van der Waals surface area contributed by atoms with Gasteiger partial charge in [0.2, 0.25) is 0 Å². The molecule has 88 valence electrons. The Hall–Kier alpha value is -1.23. The molecule has 1 N–H and O–H groups in total. The number of phenols is 1. The van der Waals surface area contributed by atoms with Crippen molar-refractivity contribution in [1.29, 1.82) is 0 Å². The average molecular weight is 253 g/mol. The summed E-state index contributed by atoms with van der Waals surface area (Å²) in [6.45, 7) is 1.27. The van der Waals surface area contributed by atoms with Crippen LogP contribution in [0.15, 0.2) is 18.2 Å². The molecule has 1 aromatic carbocycles. The Morgan fingerprint density at radius 3 is 2.44 bits per heavy atom. The molecule has 0 spiro atoms. The summed E-state index contributed by atoms with van der Waals surface area (Å²) in [5.74, 6) is -1.28. The van der Waals surface area contributed by atoms with Crippen molar-refractivity contribution in [3.63, 3.8) is 0 Å². The number of hydrogen-bond donors (Lipinski definition) is 1. The Kier molecular flexibility index (Phi) is 3.48. The molecule has 0 saturated heterocycles. The summed E-state index contributed by atoms with van der Waals surface area (Å²) >= 11 is 5.44. The largest absolute Gasteiger partial charge is 0.508 e. The van der Waals surface area contributed by atoms with Crippen LogP contribution in [0, 0.1) is 0 Å². The second-order valence-corrected chi connectivity index (χ2v) is 3.86. The van der Waals surface area contributed by atoms with Crippen LogP contribution in [0.3, 0.4) is 0 Å². The molecule has 1 aromatic rings. The first-order valence-electron chi connectivity index (χ1n) is 4.32. The van der Waals surface area contributed by atoms with Gasteiger partial charge in [-0.25, -0.2) is 0 Å². The maximum Gasteiger partial charge on any atom is 0.417 e. The molecule has 16 heavy (non-hydrogen) atoms. The number of benzene rings is 1. The van der Waals surface area contributed by atoms with Crippen molar-refractivity contribution >= 4 is 17.4 Å². The highest BCUT2D eigenvalue weighted by Crippen LogP contribution is 2.34. The van der Waals surface area contributed by atoms with Crippen LogP contribution >= 0.6 is 11.6 Å². The highest BCUT2D eigenvalue weighted by atomic mass is 35.5. The number of phenolic OH excluding ortho intramolecular Hbond substituents is 1. The van der Waals surface area contributed by atoms with Crippen molar-refractivity contribution < 1.29 is 23.1 Å². The molecule has 0 heterocycles. The molecule has 0 saturated carbocycles. The number of ketones is 1. The molecule has 1 rings (SSSR count). The van der Waals surface area contributed by atoms with Gasteiger partial charge < -0.3 is 5.11 Å². The molecule has 0 aliphatic rings. The number of carbonyl (C=O) groups is 1. The summed E-state index contributed by atoms with van der Waals surface area (Å²) in [6.07, 6.45) is -4.65. The molecule has 0 aliphatic carbocycles. The summed E-state index contributed by atoms with van der Waals surface area (Å²) in [5.41, 5.74) is -1.71. The number of aromatic hydroxyl groups is 1. The zero-order valence-corrected chi connectivity index (χ0v) is 8.93. The maximum atomic E-state index is 12.5. The standard InChI is InChI=1S/C10H8ClF3O2/c1-5(11)9(16)7-4-6(15)2-3-8(7)10(12,13)14/h2-5,15H,1H3. The van der Waals surface area contributed by atoms with Crippen molar-refractivity contribution in [2.45, 2.75) is 18.5 Å². The molecule has 0 aliphatic heterocycles. The van der Waals surface area contributed by atoms with E-state index in [-0.39, 0.29) is 0 Å². The number of hydrogen-bond acceptors (Lipinski definition) is 2. The van der Waals surface area contributed by atoms with Crippen LogP contribution in [0.1, 0.15) is 22.8 Å². The van der Waals surface area contributed by atoms with E-state index in [1.165, 1.54) is 6.92 Å². The SMILES string of the molecule is CC(Cl)C(=O)c1cc(O)ccc1C(F)(F)F. The lowest BCUT2D eigenvalue weighted by Gasteiger charge is -2.13. The average Bonchev–Trinajstić information content (AvgIpc) is 2.14. The van der Waals surface area contributed by atoms with Gasteiger partial charge in [-0.05, 0) is 25.1 Å². The first-order chi connectivity index (χ1) is 7.23. The minimum atomic E-state index is -4.65. The second kappa shape index (κ2) is 4.33. The van der Waals surface area contributed by atoms with E-state index in [0.717, 1.165) is 12.1 Å². The van der Waals surface area contributed by atoms with Crippen LogP contribution in [0.2, 0.25) is 0 Å². The molecule has 0 aromatic heterocycles. The van der Waals surface area contributed by atoms with Crippen molar-refractivity contribution in [2.24, 2.45) is 0 Å². The van der Waals surface area contributed by atoms with Gasteiger partial charge in [-0.3, -0.25) is 4.79 Å². The van der Waals surface area contributed by atoms with Gasteiger partial charge in [0.15, 0.2) is 5.78 Å². The van der Waals surface area contributed by atoms with Crippen LogP contribution in [-0.4, -0.2) is 16.3 Å². The van der Waals surface area contributed by atoms with E-state index in [2.05, 4.69) is 0 Å². The van der Waals surface area contributed by atoms with E-state index in [9.17, 15) is 18.0 Å². The summed E-state index contributed by atoms with van der Waals surface area (Å²) in [6, 6.07) is 2.30. The number of Topliss-reactive ketones (excluding diaryl/α,β-unsaturated/α-hetero) is 1. The minimum Gasteiger partial charge on any atom is -0.508 e. The van der Waals surface area contributed by atoms with Gasteiger partial charge in [0.25, 0.3) is 0 Å². The summed E-state index contributed by atoms with van der Waals surface area (Å²) in [5, 5.41) is 7.99. The second-order valence-electron chi connectivity index (χ2n) is 3.21. The summed E-state index contributed by atoms with van der Waals surface area (Å²) < 4.78 is 37.6. The third kappa shape index (κ3) is 2.66. The van der Waals surface area contributed by atoms with Crippen LogP contribution in [0.4, 0.5) is 13.2 Å². The predicted octanol–water partition coefficient (Wildman–Crippen LogP) is 3.22. The van der Waals surface area contributed by atoms with Gasteiger partial charge in [-0.15, -0.1) is 11.6 Å². The van der Waals surface area contributed by atoms with Crippen LogP contribution in [-0.2, 0) is 6.18 Å². The normalized spacial score (nSPS) is 13.6. The van der Waals surface area contributed by atoms with Crippen molar-refractivity contribution in [3.05, 3.63) is 29.3 Å². The number of rotatable bonds is 2. The third-order valence-electron chi connectivity index (χ3n) is 1.94. The molecular weight excluding hydrogens is 245 g/mol. The first kappa shape index (κ1) is 12.8. The molecule has 6 heteroatoms. The van der Waals surface area contributed by atoms with Gasteiger partial charge in [0, 0.05) is 5.56 Å². The fourth-order valence-electron chi connectivity index (χ4n) is 1.20. The highest BCUT2D eigenvalue weighted by molar-refractivity contribution is 6.33. The van der Waals surface area contributed by atoms with E-state index in [0.29, 0.717) is 6.07 Å². The number of carbonyl (C=O) groups excluding carboxylic acids is 1. The summed E-state index contributed by atoms with van der Waals surface area (Å²) in [4.78, 5) is 11.4. The lowest BCUT2D eigenvalue weighted by Crippen LogP contribution is -2.17. The minimum absolute atomic E-state index is 0.409. The first-order valence-corrected chi connectivity index (χ1v) is 4.75. The lowest BCUT2D eigenvalue weighted by molar-refractivity contribution is -0.137. The Balaban J connectivity index is 3.35. The quantitative estimate of drug-likeness (QED) is 0.648. The van der Waals surface area contributed by atoms with E-state index >= 15 is 0 Å². The van der Waals surface area contributed by atoms with Crippen LogP contribution in [0.5, 0.6) is 5.75 Å². The third-order valence-corrected chi connectivity index (χ3v) is 2.13. The van der Waals surface area contributed by atoms with Gasteiger partial charge in [-0.1, -0.05) is 0 Å². The Morgan fingerprint density at radius 1 is 1.44 bits per heavy atom. The van der Waals surface area contributed by atoms with Gasteiger partial charge >= 0.3 is 6.18 Å². The number of alkyl halides is 4. The van der Waals surface area contributed by atoms with E-state index in [4.69, 9.17) is 16.7 Å². The zero-order valence-electron chi connectivity index (χ0n) is 8.18. The maximum absolute atomic E-state index is 12.5. The summed E-state index contributed by atoms with van der Waals surface area (Å²) in [7, 11) is 0. The van der Waals surface area contributed by atoms with Gasteiger partial charge in [0.1, 0.15) is 5.75 Å². The molecule has 2 nitrogen and oxygen atoms in total. The number of halogens is 4. The lowest BCUT2D eigenvalue weighted by atomic mass is 10.0. The van der Waals surface area contributed by atoms with E-state index < -0.39 is 34.2 Å². The predicted molar refractivity (Wildman–Crippen MR) is 52.8 cm³/mol. The molecule has 0 bridgehead atoms. The van der Waals surface area contributed by atoms with Crippen molar-refractivity contribution in [1.82, 2.24) is 0 Å². The van der Waals surface area contributed by atoms with E-state index in [1.807, 2.05) is 0 Å². The van der Waals surface area contributed by atoms with E-state index in [1.54, 1.807) is 0 Å². The fourth-order valence-corrected chi connectivity index (χ4v) is 1.32. The van der Waals surface area contributed by atoms with Gasteiger partial charge in [0.05, 0.1) is 10.9 Å².